The fourth-order valence-electron chi connectivity index (χ4n) is 5.59. The van der Waals surface area contributed by atoms with Crippen LogP contribution in [0.1, 0.15) is 33.3 Å². The third-order valence-corrected chi connectivity index (χ3v) is 7.70. The number of halogens is 2. The van der Waals surface area contributed by atoms with Crippen LogP contribution in [0.4, 0.5) is 14.6 Å². The summed E-state index contributed by atoms with van der Waals surface area (Å²) in [6, 6.07) is 37.1. The Kier molecular flexibility index (Phi) is 8.25. The Morgan fingerprint density at radius 3 is 1.80 bits per heavy atom. The molecule has 1 aliphatic heterocycles. The molecule has 1 saturated heterocycles. The smallest absolute Gasteiger partial charge is 0.351 e. The molecule has 2 heterocycles. The van der Waals surface area contributed by atoms with Gasteiger partial charge in [-0.25, -0.2) is 9.59 Å². The lowest BCUT2D eigenvalue weighted by atomic mass is 9.80. The van der Waals surface area contributed by atoms with Crippen LogP contribution < -0.4 is 11.4 Å². The minimum atomic E-state index is -3.87. The average Bonchev–Trinajstić information content (AvgIpc) is 3.31. The number of anilines is 1. The van der Waals surface area contributed by atoms with Crippen LogP contribution in [-0.4, -0.2) is 40.3 Å². The molecule has 2 N–H and O–H groups in total. The number of alkyl halides is 2. The van der Waals surface area contributed by atoms with Crippen LogP contribution in [0.5, 0.6) is 0 Å². The predicted octanol–water partition coefficient (Wildman–Crippen LogP) is 5.59. The number of hydrogen-bond donors (Lipinski definition) is 1. The number of hydrogen-bond acceptors (Lipinski definition) is 7. The molecule has 0 saturated carbocycles. The summed E-state index contributed by atoms with van der Waals surface area (Å²) < 4.78 is 51.3. The predicted molar refractivity (Wildman–Crippen MR) is 163 cm³/mol. The molecule has 1 fully saturated rings. The number of nitrogens with zero attached hydrogens (tertiary/aromatic N) is 2. The molecule has 1 aromatic heterocycles. The van der Waals surface area contributed by atoms with Crippen molar-refractivity contribution in [2.24, 2.45) is 0 Å². The van der Waals surface area contributed by atoms with Gasteiger partial charge in [-0.05, 0) is 34.9 Å². The number of ether oxygens (including phenoxy) is 3. The number of nitrogen functional groups attached to an aromatic ring is 1. The van der Waals surface area contributed by atoms with Crippen LogP contribution in [0.3, 0.4) is 0 Å². The minimum absolute atomic E-state index is 0.0786. The molecule has 3 unspecified atom stereocenters. The van der Waals surface area contributed by atoms with E-state index in [4.69, 9.17) is 19.9 Å². The highest BCUT2D eigenvalue weighted by atomic mass is 19.3. The zero-order valence-electron chi connectivity index (χ0n) is 23.9. The fourth-order valence-corrected chi connectivity index (χ4v) is 5.59. The fraction of sp³-hybridized carbons (Fsp3) is 0.171. The van der Waals surface area contributed by atoms with Crippen molar-refractivity contribution in [1.82, 2.24) is 9.55 Å². The second-order valence-corrected chi connectivity index (χ2v) is 10.5. The first-order valence-corrected chi connectivity index (χ1v) is 14.2. The van der Waals surface area contributed by atoms with Crippen molar-refractivity contribution >= 4 is 11.8 Å². The van der Waals surface area contributed by atoms with Gasteiger partial charge in [-0.1, -0.05) is 109 Å². The van der Waals surface area contributed by atoms with Crippen LogP contribution in [-0.2, 0) is 19.8 Å². The van der Waals surface area contributed by atoms with E-state index in [1.807, 2.05) is 91.0 Å². The molecular formula is C35H29F2N3O5. The van der Waals surface area contributed by atoms with E-state index in [1.54, 1.807) is 18.2 Å². The zero-order chi connectivity index (χ0) is 31.4. The molecule has 5 aromatic rings. The van der Waals surface area contributed by atoms with Gasteiger partial charge in [-0.3, -0.25) is 4.57 Å². The van der Waals surface area contributed by atoms with Gasteiger partial charge in [0, 0.05) is 6.20 Å². The molecule has 10 heteroatoms. The van der Waals surface area contributed by atoms with E-state index in [2.05, 4.69) is 4.98 Å². The Balaban J connectivity index is 1.43. The maximum Gasteiger partial charge on any atom is 0.351 e. The Morgan fingerprint density at radius 2 is 1.31 bits per heavy atom. The molecule has 228 valence electrons. The Labute approximate surface area is 257 Å². The summed E-state index contributed by atoms with van der Waals surface area (Å²) in [5.74, 6) is -4.98. The van der Waals surface area contributed by atoms with Gasteiger partial charge in [0.1, 0.15) is 17.5 Å². The van der Waals surface area contributed by atoms with Crippen LogP contribution in [0, 0.1) is 0 Å². The van der Waals surface area contributed by atoms with Gasteiger partial charge in [0.15, 0.2) is 6.10 Å². The number of nitrogens with two attached hydrogens (primary N) is 1. The van der Waals surface area contributed by atoms with Crippen molar-refractivity contribution in [3.8, 4) is 0 Å². The third kappa shape index (κ3) is 5.73. The standard InChI is InChI=1S/C35H29F2N3O5/c36-35(37)30(45-31(41)24-13-5-1-6-14-24)28(44-32(35)40-22-21-29(38)39-33(40)42)23-43-34(25-15-7-2-8-16-25,26-17-9-3-10-18-26)27-19-11-4-12-20-27/h1-22,28,30,32H,23H2,(H2,38,39,42). The molecule has 0 bridgehead atoms. The van der Waals surface area contributed by atoms with Gasteiger partial charge < -0.3 is 19.9 Å². The number of benzene rings is 4. The van der Waals surface area contributed by atoms with E-state index in [9.17, 15) is 9.59 Å². The van der Waals surface area contributed by atoms with E-state index in [-0.39, 0.29) is 11.4 Å². The number of carbonyl (C=O) groups is 1. The summed E-state index contributed by atoms with van der Waals surface area (Å²) in [6.07, 6.45) is -4.71. The van der Waals surface area contributed by atoms with E-state index in [0.29, 0.717) is 4.57 Å². The van der Waals surface area contributed by atoms with Gasteiger partial charge >= 0.3 is 17.6 Å². The molecule has 0 radical (unpaired) electrons. The quantitative estimate of drug-likeness (QED) is 0.172. The molecule has 0 aliphatic carbocycles. The number of esters is 1. The summed E-state index contributed by atoms with van der Waals surface area (Å²) in [6.45, 7) is -0.450. The van der Waals surface area contributed by atoms with Gasteiger partial charge in [0.25, 0.3) is 0 Å². The lowest BCUT2D eigenvalue weighted by molar-refractivity contribution is -0.143. The second-order valence-electron chi connectivity index (χ2n) is 10.5. The summed E-state index contributed by atoms with van der Waals surface area (Å²) in [7, 11) is 0. The number of carbonyl (C=O) groups excluding carboxylic acids is 1. The lowest BCUT2D eigenvalue weighted by Crippen LogP contribution is -2.45. The maximum atomic E-state index is 16.3. The van der Waals surface area contributed by atoms with Crippen molar-refractivity contribution in [2.75, 3.05) is 12.3 Å². The molecular weight excluding hydrogens is 580 g/mol. The molecule has 4 aromatic carbocycles. The first-order chi connectivity index (χ1) is 21.8. The van der Waals surface area contributed by atoms with Crippen molar-refractivity contribution in [1.29, 1.82) is 0 Å². The Hall–Kier alpha value is -5.19. The largest absolute Gasteiger partial charge is 0.449 e. The zero-order valence-corrected chi connectivity index (χ0v) is 23.9. The van der Waals surface area contributed by atoms with Crippen molar-refractivity contribution < 1.29 is 27.8 Å². The van der Waals surface area contributed by atoms with Crippen molar-refractivity contribution in [3.05, 3.63) is 166 Å². The van der Waals surface area contributed by atoms with Gasteiger partial charge in [-0.15, -0.1) is 0 Å². The second kappa shape index (κ2) is 12.4. The van der Waals surface area contributed by atoms with Crippen LogP contribution in [0.15, 0.2) is 138 Å². The molecule has 8 nitrogen and oxygen atoms in total. The Bertz CT molecular complexity index is 1710. The van der Waals surface area contributed by atoms with E-state index < -0.39 is 48.2 Å². The first kappa shape index (κ1) is 29.9. The molecule has 45 heavy (non-hydrogen) atoms. The van der Waals surface area contributed by atoms with Crippen molar-refractivity contribution in [3.63, 3.8) is 0 Å². The van der Waals surface area contributed by atoms with Crippen molar-refractivity contribution in [2.45, 2.75) is 30.0 Å². The van der Waals surface area contributed by atoms with E-state index in [0.717, 1.165) is 22.9 Å². The Morgan fingerprint density at radius 1 is 0.822 bits per heavy atom. The number of aromatic nitrogens is 2. The minimum Gasteiger partial charge on any atom is -0.449 e. The average molecular weight is 610 g/mol. The molecule has 3 atom stereocenters. The topological polar surface area (TPSA) is 106 Å². The highest BCUT2D eigenvalue weighted by Gasteiger charge is 2.63. The monoisotopic (exact) mass is 609 g/mol. The molecule has 0 spiro atoms. The summed E-state index contributed by atoms with van der Waals surface area (Å²) in [5, 5.41) is 0. The third-order valence-electron chi connectivity index (χ3n) is 7.70. The van der Waals surface area contributed by atoms with Gasteiger partial charge in [-0.2, -0.15) is 13.8 Å². The number of rotatable bonds is 9. The first-order valence-electron chi connectivity index (χ1n) is 14.2. The van der Waals surface area contributed by atoms with Gasteiger partial charge in [0.2, 0.25) is 6.23 Å². The summed E-state index contributed by atoms with van der Waals surface area (Å²) in [4.78, 5) is 29.3. The van der Waals surface area contributed by atoms with Crippen LogP contribution in [0.25, 0.3) is 0 Å². The molecule has 6 rings (SSSR count). The van der Waals surface area contributed by atoms with Crippen LogP contribution in [0.2, 0.25) is 0 Å². The van der Waals surface area contributed by atoms with E-state index in [1.165, 1.54) is 18.2 Å². The highest BCUT2D eigenvalue weighted by Crippen LogP contribution is 2.46. The summed E-state index contributed by atoms with van der Waals surface area (Å²) in [5.41, 5.74) is 5.58. The maximum absolute atomic E-state index is 16.3. The summed E-state index contributed by atoms with van der Waals surface area (Å²) >= 11 is 0. The molecule has 1 aliphatic rings. The molecule has 0 amide bonds. The normalized spacial score (nSPS) is 19.2. The highest BCUT2D eigenvalue weighted by molar-refractivity contribution is 5.89. The SMILES string of the molecule is Nc1ccn(C2OC(COC(c3ccccc3)(c3ccccc3)c3ccccc3)C(OC(=O)c3ccccc3)C2(F)F)c(=O)n1. The van der Waals surface area contributed by atoms with Crippen LogP contribution >= 0.6 is 0 Å². The van der Waals surface area contributed by atoms with E-state index >= 15 is 8.78 Å². The lowest BCUT2D eigenvalue weighted by Gasteiger charge is -2.37. The van der Waals surface area contributed by atoms with Gasteiger partial charge in [0.05, 0.1) is 12.2 Å².